The predicted octanol–water partition coefficient (Wildman–Crippen LogP) is 2.36. The summed E-state index contributed by atoms with van der Waals surface area (Å²) in [5.41, 5.74) is 3.05. The molecule has 2 aliphatic rings. The minimum Gasteiger partial charge on any atom is -0.381 e. The molecule has 114 valence electrons. The molecule has 2 aromatic rings. The van der Waals surface area contributed by atoms with Gasteiger partial charge in [-0.15, -0.1) is 5.10 Å². The molecule has 0 radical (unpaired) electrons. The van der Waals surface area contributed by atoms with Gasteiger partial charge >= 0.3 is 0 Å². The molecule has 1 spiro atoms. The quantitative estimate of drug-likeness (QED) is 0.924. The molecule has 1 aliphatic carbocycles. The highest BCUT2D eigenvalue weighted by Gasteiger charge is 2.47. The van der Waals surface area contributed by atoms with Gasteiger partial charge in [-0.1, -0.05) is 28.8 Å². The molecule has 1 saturated heterocycles. The third-order valence-electron chi connectivity index (χ3n) is 4.88. The first-order chi connectivity index (χ1) is 10.8. The average Bonchev–Trinajstić information content (AvgIpc) is 3.16. The minimum absolute atomic E-state index is 0.0294. The van der Waals surface area contributed by atoms with Crippen molar-refractivity contribution >= 4 is 17.4 Å². The van der Waals surface area contributed by atoms with Crippen LogP contribution in [0.25, 0.3) is 0 Å². The lowest BCUT2D eigenvalue weighted by Crippen LogP contribution is -2.42. The number of fused-ring (bicyclic) bond motifs is 1. The first-order valence-electron chi connectivity index (χ1n) is 7.52. The van der Waals surface area contributed by atoms with Crippen LogP contribution in [0.5, 0.6) is 0 Å². The fraction of sp³-hybridized carbons (Fsp3) is 0.438. The van der Waals surface area contributed by atoms with Crippen LogP contribution in [0.2, 0.25) is 0 Å². The Balaban J connectivity index is 1.67. The van der Waals surface area contributed by atoms with Crippen LogP contribution in [0.3, 0.4) is 0 Å². The SMILES string of the molecule is O=C(N[C@@H]1c2ccccc2CC12CCOCC2)c1csnn1. The summed E-state index contributed by atoms with van der Waals surface area (Å²) in [5, 5.41) is 8.77. The van der Waals surface area contributed by atoms with Crippen molar-refractivity contribution in [2.75, 3.05) is 13.2 Å². The standard InChI is InChI=1S/C16H17N3O2S/c20-15(13-10-22-19-18-13)17-14-12-4-2-1-3-11(12)9-16(14)5-7-21-8-6-16/h1-4,10,14H,5-9H2,(H,17,20)/t14-/m1/s1. The van der Waals surface area contributed by atoms with Gasteiger partial charge in [0.25, 0.3) is 5.91 Å². The van der Waals surface area contributed by atoms with Crippen LogP contribution in [0.15, 0.2) is 29.6 Å². The topological polar surface area (TPSA) is 64.1 Å². The molecule has 6 heteroatoms. The smallest absolute Gasteiger partial charge is 0.273 e. The molecule has 5 nitrogen and oxygen atoms in total. The maximum atomic E-state index is 12.5. The van der Waals surface area contributed by atoms with E-state index in [9.17, 15) is 4.79 Å². The number of rotatable bonds is 2. The van der Waals surface area contributed by atoms with Gasteiger partial charge in [0.05, 0.1) is 6.04 Å². The summed E-state index contributed by atoms with van der Waals surface area (Å²) in [6.45, 7) is 1.53. The van der Waals surface area contributed by atoms with Crippen LogP contribution in [0, 0.1) is 5.41 Å². The Labute approximate surface area is 132 Å². The van der Waals surface area contributed by atoms with E-state index < -0.39 is 0 Å². The van der Waals surface area contributed by atoms with E-state index in [-0.39, 0.29) is 17.4 Å². The van der Waals surface area contributed by atoms with Gasteiger partial charge in [0.15, 0.2) is 5.69 Å². The summed E-state index contributed by atoms with van der Waals surface area (Å²) in [4.78, 5) is 12.5. The van der Waals surface area contributed by atoms with E-state index in [1.165, 1.54) is 22.7 Å². The molecule has 1 aromatic heterocycles. The maximum Gasteiger partial charge on any atom is 0.273 e. The Morgan fingerprint density at radius 2 is 2.14 bits per heavy atom. The number of aromatic nitrogens is 2. The fourth-order valence-corrected chi connectivity index (χ4v) is 4.17. The van der Waals surface area contributed by atoms with E-state index in [2.05, 4.69) is 33.1 Å². The third kappa shape index (κ3) is 2.23. The van der Waals surface area contributed by atoms with Crippen molar-refractivity contribution in [2.24, 2.45) is 5.41 Å². The van der Waals surface area contributed by atoms with E-state index in [0.29, 0.717) is 5.69 Å². The molecule has 22 heavy (non-hydrogen) atoms. The summed E-state index contributed by atoms with van der Waals surface area (Å²) >= 11 is 1.20. The van der Waals surface area contributed by atoms with Crippen molar-refractivity contribution in [1.29, 1.82) is 0 Å². The molecule has 1 N–H and O–H groups in total. The molecule has 0 unspecified atom stereocenters. The number of hydrogen-bond donors (Lipinski definition) is 1. The van der Waals surface area contributed by atoms with Gasteiger partial charge in [0.2, 0.25) is 0 Å². The van der Waals surface area contributed by atoms with Gasteiger partial charge in [0.1, 0.15) is 0 Å². The normalized spacial score (nSPS) is 22.5. The van der Waals surface area contributed by atoms with Crippen molar-refractivity contribution in [1.82, 2.24) is 14.9 Å². The molecular weight excluding hydrogens is 298 g/mol. The van der Waals surface area contributed by atoms with Crippen LogP contribution in [-0.2, 0) is 11.2 Å². The van der Waals surface area contributed by atoms with Crippen molar-refractivity contribution in [3.63, 3.8) is 0 Å². The Bertz CT molecular complexity index is 680. The summed E-state index contributed by atoms with van der Waals surface area (Å²) in [6, 6.07) is 8.44. The number of benzene rings is 1. The zero-order chi connectivity index (χ0) is 15.0. The zero-order valence-electron chi connectivity index (χ0n) is 12.1. The molecule has 1 amide bonds. The van der Waals surface area contributed by atoms with Gasteiger partial charge in [0, 0.05) is 24.0 Å². The minimum atomic E-state index is -0.138. The van der Waals surface area contributed by atoms with Crippen LogP contribution >= 0.6 is 11.5 Å². The van der Waals surface area contributed by atoms with E-state index >= 15 is 0 Å². The number of ether oxygens (including phenoxy) is 1. The lowest BCUT2D eigenvalue weighted by Gasteiger charge is -2.39. The first kappa shape index (κ1) is 13.8. The van der Waals surface area contributed by atoms with Gasteiger partial charge in [-0.05, 0) is 41.9 Å². The molecular formula is C16H17N3O2S. The second kappa shape index (κ2) is 5.44. The number of nitrogens with zero attached hydrogens (tertiary/aromatic N) is 2. The number of hydrogen-bond acceptors (Lipinski definition) is 5. The third-order valence-corrected chi connectivity index (χ3v) is 5.38. The van der Waals surface area contributed by atoms with Crippen LogP contribution < -0.4 is 5.32 Å². The summed E-state index contributed by atoms with van der Waals surface area (Å²) < 4.78 is 9.32. The second-order valence-electron chi connectivity index (χ2n) is 6.05. The average molecular weight is 315 g/mol. The lowest BCUT2D eigenvalue weighted by molar-refractivity contribution is 0.000512. The molecule has 1 aromatic carbocycles. The zero-order valence-corrected chi connectivity index (χ0v) is 12.9. The molecule has 1 atom stereocenters. The van der Waals surface area contributed by atoms with Gasteiger partial charge in [-0.25, -0.2) is 0 Å². The molecule has 2 heterocycles. The number of carbonyl (C=O) groups excluding carboxylic acids is 1. The van der Waals surface area contributed by atoms with E-state index in [4.69, 9.17) is 4.74 Å². The largest absolute Gasteiger partial charge is 0.381 e. The highest BCUT2D eigenvalue weighted by molar-refractivity contribution is 7.03. The van der Waals surface area contributed by atoms with Crippen LogP contribution in [0.1, 0.15) is 40.5 Å². The molecule has 1 fully saturated rings. The fourth-order valence-electron chi connectivity index (χ4n) is 3.73. The highest BCUT2D eigenvalue weighted by atomic mass is 32.1. The van der Waals surface area contributed by atoms with E-state index in [1.807, 2.05) is 6.07 Å². The van der Waals surface area contributed by atoms with Crippen molar-refractivity contribution in [3.05, 3.63) is 46.5 Å². The predicted molar refractivity (Wildman–Crippen MR) is 82.7 cm³/mol. The maximum absolute atomic E-state index is 12.5. The van der Waals surface area contributed by atoms with E-state index in [0.717, 1.165) is 32.5 Å². The summed E-state index contributed by atoms with van der Waals surface area (Å²) in [6.07, 6.45) is 2.96. The van der Waals surface area contributed by atoms with Gasteiger partial charge in [-0.3, -0.25) is 4.79 Å². The monoisotopic (exact) mass is 315 g/mol. The Morgan fingerprint density at radius 3 is 2.91 bits per heavy atom. The van der Waals surface area contributed by atoms with Gasteiger partial charge < -0.3 is 10.1 Å². The Kier molecular flexibility index (Phi) is 3.43. The summed E-state index contributed by atoms with van der Waals surface area (Å²) in [7, 11) is 0. The Morgan fingerprint density at radius 1 is 1.32 bits per heavy atom. The van der Waals surface area contributed by atoms with Crippen LogP contribution in [0.4, 0.5) is 0 Å². The second-order valence-corrected chi connectivity index (χ2v) is 6.66. The van der Waals surface area contributed by atoms with Crippen molar-refractivity contribution in [2.45, 2.75) is 25.3 Å². The molecule has 1 aliphatic heterocycles. The Hall–Kier alpha value is -1.79. The first-order valence-corrected chi connectivity index (χ1v) is 8.36. The number of carbonyl (C=O) groups is 1. The number of nitrogens with one attached hydrogen (secondary N) is 1. The molecule has 0 bridgehead atoms. The van der Waals surface area contributed by atoms with E-state index in [1.54, 1.807) is 5.38 Å². The number of amides is 1. The van der Waals surface area contributed by atoms with Crippen molar-refractivity contribution < 1.29 is 9.53 Å². The summed E-state index contributed by atoms with van der Waals surface area (Å²) in [5.74, 6) is -0.138. The van der Waals surface area contributed by atoms with Crippen molar-refractivity contribution in [3.8, 4) is 0 Å². The van der Waals surface area contributed by atoms with Gasteiger partial charge in [-0.2, -0.15) is 0 Å². The highest BCUT2D eigenvalue weighted by Crippen LogP contribution is 2.51. The molecule has 4 rings (SSSR count). The molecule has 0 saturated carbocycles. The lowest BCUT2D eigenvalue weighted by atomic mass is 9.74. The van der Waals surface area contributed by atoms with Crippen LogP contribution in [-0.4, -0.2) is 28.7 Å².